The molecule has 80 heavy (non-hydrogen) atoms. The number of nitrogens with two attached hydrogens (primary N) is 1. The number of hydrogen-bond acceptors (Lipinski definition) is 15. The maximum atomic E-state index is 18.9. The number of carbonyl (C=O) groups is 7. The summed E-state index contributed by atoms with van der Waals surface area (Å²) in [5, 5.41) is 9.51. The fourth-order valence-electron chi connectivity index (χ4n) is 12.1. The molecule has 4 unspecified atom stereocenters. The Balaban J connectivity index is 1.31. The van der Waals surface area contributed by atoms with Crippen molar-refractivity contribution in [1.29, 1.82) is 0 Å². The molecule has 0 aromatic heterocycles. The molecular weight excluding hydrogens is 1110 g/mol. The van der Waals surface area contributed by atoms with E-state index in [0.717, 1.165) is 50.3 Å². The predicted octanol–water partition coefficient (Wildman–Crippen LogP) is 8.28. The average Bonchev–Trinajstić information content (AvgIpc) is 2.13. The number of unbranched alkanes of at least 4 members (excludes halogenated alkanes) is 3. The Kier molecular flexibility index (Phi) is 23.0. The van der Waals surface area contributed by atoms with Gasteiger partial charge in [0.1, 0.15) is 37.0 Å². The minimum atomic E-state index is -5.97. The van der Waals surface area contributed by atoms with Gasteiger partial charge in [-0.2, -0.15) is 4.31 Å². The van der Waals surface area contributed by atoms with Crippen molar-refractivity contribution < 1.29 is 88.5 Å². The number of fused-ring (bicyclic) bond motifs is 5. The largest absolute Gasteiger partial charge is 0.481 e. The second kappa shape index (κ2) is 27.8. The zero-order valence-corrected chi connectivity index (χ0v) is 49.1. The molecule has 448 valence electrons. The lowest BCUT2D eigenvalue weighted by atomic mass is 9.44. The number of benzene rings is 1. The van der Waals surface area contributed by atoms with Gasteiger partial charge in [0.05, 0.1) is 12.7 Å². The number of urea groups is 1. The van der Waals surface area contributed by atoms with E-state index in [0.29, 0.717) is 0 Å². The van der Waals surface area contributed by atoms with Crippen molar-refractivity contribution in [3.8, 4) is 0 Å². The normalized spacial score (nSPS) is 29.5. The number of esters is 1. The maximum Gasteiger partial charge on any atom is 0.481 e. The Hall–Kier alpha value is -4.45. The maximum absolute atomic E-state index is 18.9. The smallest absolute Gasteiger partial charge is 0.449 e. The molecule has 4 aliphatic carbocycles. The number of ketones is 1. The summed E-state index contributed by atoms with van der Waals surface area (Å²) in [5.74, 6) is -7.25. The van der Waals surface area contributed by atoms with Crippen LogP contribution in [0.4, 0.5) is 23.7 Å². The summed E-state index contributed by atoms with van der Waals surface area (Å²) in [6.07, 6.45) is 2.24. The second-order valence-electron chi connectivity index (χ2n) is 21.9. The topological polar surface area (TPSA) is 314 Å². The van der Waals surface area contributed by atoms with Crippen LogP contribution in [0.3, 0.4) is 0 Å². The number of phosphoric ester groups is 2. The van der Waals surface area contributed by atoms with Gasteiger partial charge in [0, 0.05) is 41.3 Å². The minimum Gasteiger partial charge on any atom is -0.449 e. The van der Waals surface area contributed by atoms with Crippen molar-refractivity contribution in [2.75, 3.05) is 24.5 Å². The molecule has 0 saturated heterocycles. The highest BCUT2D eigenvalue weighted by atomic mass is 32.2. The number of alkyl halides is 3. The zero-order chi connectivity index (χ0) is 59.6. The summed E-state index contributed by atoms with van der Waals surface area (Å²) < 4.78 is 104. The summed E-state index contributed by atoms with van der Waals surface area (Å²) in [6.45, 7) is 12.1. The Labute approximate surface area is 469 Å². The predicted molar refractivity (Wildman–Crippen MR) is 290 cm³/mol. The Bertz CT molecular complexity index is 2600. The van der Waals surface area contributed by atoms with Crippen LogP contribution in [0.2, 0.25) is 0 Å². The van der Waals surface area contributed by atoms with Crippen LogP contribution in [0.25, 0.3) is 0 Å². The molecule has 3 saturated carbocycles. The first kappa shape index (κ1) is 66.4. The van der Waals surface area contributed by atoms with E-state index in [1.165, 1.54) is 45.0 Å². The minimum absolute atomic E-state index is 0.0140. The molecule has 14 atom stereocenters. The zero-order valence-electron chi connectivity index (χ0n) is 46.5. The lowest BCUT2D eigenvalue weighted by molar-refractivity contribution is -0.225. The molecule has 21 nitrogen and oxygen atoms in total. The highest BCUT2D eigenvalue weighted by molar-refractivity contribution is 8.13. The molecule has 0 aliphatic heterocycles. The van der Waals surface area contributed by atoms with Crippen molar-refractivity contribution >= 4 is 73.7 Å². The molecule has 0 radical (unpaired) electrons. The molecule has 3 fully saturated rings. The number of nitrogens with one attached hydrogen (secondary N) is 4. The van der Waals surface area contributed by atoms with E-state index in [1.807, 2.05) is 6.92 Å². The van der Waals surface area contributed by atoms with Crippen LogP contribution in [-0.4, -0.2) is 111 Å². The fraction of sp³-hybridized carbons (Fsp3) is 0.679. The van der Waals surface area contributed by atoms with Gasteiger partial charge in [-0.25, -0.2) is 27.1 Å². The Morgan fingerprint density at radius 3 is 2.24 bits per heavy atom. The van der Waals surface area contributed by atoms with Crippen LogP contribution in [0.5, 0.6) is 0 Å². The van der Waals surface area contributed by atoms with E-state index in [9.17, 15) is 56.9 Å². The van der Waals surface area contributed by atoms with Gasteiger partial charge in [-0.3, -0.25) is 37.8 Å². The number of carbonyl (C=O) groups excluding carboxylic acids is 7. The van der Waals surface area contributed by atoms with Crippen molar-refractivity contribution in [1.82, 2.24) is 16.0 Å². The molecule has 1 aromatic carbocycles. The van der Waals surface area contributed by atoms with E-state index in [-0.39, 0.29) is 73.5 Å². The summed E-state index contributed by atoms with van der Waals surface area (Å²) >= 11 is 0.202. The van der Waals surface area contributed by atoms with Gasteiger partial charge in [0.15, 0.2) is 17.1 Å². The van der Waals surface area contributed by atoms with Crippen LogP contribution in [0.15, 0.2) is 48.1 Å². The molecule has 8 N–H and O–H groups in total. The van der Waals surface area contributed by atoms with Crippen molar-refractivity contribution in [2.24, 2.45) is 40.2 Å². The Morgan fingerprint density at radius 1 is 0.925 bits per heavy atom. The first-order chi connectivity index (χ1) is 37.4. The molecule has 0 heterocycles. The number of anilines is 1. The van der Waals surface area contributed by atoms with Crippen molar-refractivity contribution in [3.05, 3.63) is 53.6 Å². The van der Waals surface area contributed by atoms with Gasteiger partial charge in [0.25, 0.3) is 0 Å². The van der Waals surface area contributed by atoms with Crippen LogP contribution in [0, 0.1) is 34.5 Å². The summed E-state index contributed by atoms with van der Waals surface area (Å²) in [4.78, 5) is 114. The first-order valence-corrected chi connectivity index (χ1v) is 31.0. The highest BCUT2D eigenvalue weighted by Gasteiger charge is 2.79. The molecular formula is C53H78F3N5O16P2S. The van der Waals surface area contributed by atoms with E-state index in [1.54, 1.807) is 20.8 Å². The van der Waals surface area contributed by atoms with Crippen molar-refractivity contribution in [3.63, 3.8) is 0 Å². The number of allylic oxidation sites excluding steroid dienone is 4. The van der Waals surface area contributed by atoms with E-state index < -0.39 is 152 Å². The monoisotopic (exact) mass is 1190 g/mol. The van der Waals surface area contributed by atoms with Gasteiger partial charge in [-0.1, -0.05) is 85.4 Å². The number of thioether (sulfide) groups is 1. The fourth-order valence-corrected chi connectivity index (χ4v) is 15.1. The SMILES string of the molecule is CCCCCCC(C)OCC(=O)N[C@H](C(=O)NC(CCCNC(N)=O)C(=O)Nc1ccc(COP(=O)(O)OP(=O)(O)O[C@H]2C[C@@]3(C)[C@@H](C[C@@H](C)[C@]3(OC(=O)CC)C(=O)SCF)[C@@H]3C[C@H](F)C4=CC(=O)C=C[C@]4(C)[C@@]23F)cc1)C(C)C. The molecule has 27 heteroatoms. The number of hydrogen-bond donors (Lipinski definition) is 7. The summed E-state index contributed by atoms with van der Waals surface area (Å²) in [5.41, 5.74) is -3.68. The van der Waals surface area contributed by atoms with Crippen molar-refractivity contribution in [2.45, 2.75) is 174 Å². The summed E-state index contributed by atoms with van der Waals surface area (Å²) in [6, 6.07) is 1.13. The first-order valence-electron chi connectivity index (χ1n) is 27.0. The molecule has 0 spiro atoms. The lowest BCUT2D eigenvalue weighted by Crippen LogP contribution is -2.71. The van der Waals surface area contributed by atoms with Gasteiger partial charge in [0.2, 0.25) is 22.8 Å². The quantitative estimate of drug-likeness (QED) is 0.0225. The third-order valence-electron chi connectivity index (χ3n) is 16.1. The molecule has 0 bridgehead atoms. The van der Waals surface area contributed by atoms with Gasteiger partial charge < -0.3 is 46.3 Å². The van der Waals surface area contributed by atoms with Gasteiger partial charge in [-0.05, 0) is 111 Å². The van der Waals surface area contributed by atoms with Crippen LogP contribution >= 0.6 is 27.4 Å². The second-order valence-corrected chi connectivity index (χ2v) is 25.8. The number of phosphoric acid groups is 2. The van der Waals surface area contributed by atoms with Crippen LogP contribution in [-0.2, 0) is 67.3 Å². The van der Waals surface area contributed by atoms with Crippen LogP contribution < -0.4 is 27.0 Å². The van der Waals surface area contributed by atoms with Gasteiger partial charge in [-0.15, -0.1) is 0 Å². The number of ether oxygens (including phenoxy) is 2. The van der Waals surface area contributed by atoms with E-state index >= 15 is 8.78 Å². The number of rotatable bonds is 29. The standard InChI is InChI=1S/C53H78F3N5O16P2S/c1-9-11-12-13-15-33(6)73-29-43(63)61-45(31(3)4)47(66)60-41(16-14-23-58-49(57)68)46(65)59-35-19-17-34(18-20-35)28-74-78(69,70)77-79(71,72)76-42-27-51(8)37(24-32(5)53(51,48(67)80-30-54)75-44(64)10-2)38-26-40(55)39-25-36(62)21-22-50(39,7)52(38,42)56/h17-22,25,31-33,37-38,40-42,45H,9-16,23-24,26-30H2,1-8H3,(H,59,65)(H,60,66)(H,61,63)(H,69,70)(H,71,72)(H3,57,58,68)/t32-,33?,37+,38+,40+,41?,42+,45+,50+,51+,52+,53+/m1/s1. The van der Waals surface area contributed by atoms with Gasteiger partial charge >= 0.3 is 27.6 Å². The third kappa shape index (κ3) is 15.2. The average molecular weight is 1190 g/mol. The number of halogens is 3. The Morgan fingerprint density at radius 2 is 1.61 bits per heavy atom. The molecule has 1 aromatic rings. The lowest BCUT2D eigenvalue weighted by Gasteiger charge is -2.63. The number of amides is 5. The molecule has 5 rings (SSSR count). The highest BCUT2D eigenvalue weighted by Crippen LogP contribution is 2.74. The van der Waals surface area contributed by atoms with E-state index in [2.05, 4.69) is 28.2 Å². The molecule has 5 amide bonds. The molecule has 4 aliphatic rings. The summed E-state index contributed by atoms with van der Waals surface area (Å²) in [7, 11) is -11.6. The van der Waals surface area contributed by atoms with E-state index in [4.69, 9.17) is 28.6 Å². The number of primary amides is 1. The third-order valence-corrected chi connectivity index (χ3v) is 19.4. The van der Waals surface area contributed by atoms with Crippen LogP contribution in [0.1, 0.15) is 132 Å².